The van der Waals surface area contributed by atoms with Crippen LogP contribution < -0.4 is 0 Å². The van der Waals surface area contributed by atoms with E-state index in [1.165, 1.54) is 17.4 Å². The molecule has 0 bridgehead atoms. The van der Waals surface area contributed by atoms with Gasteiger partial charge in [0.05, 0.1) is 5.56 Å². The zero-order valence-electron chi connectivity index (χ0n) is 9.28. The molecule has 1 atom stereocenters. The second-order valence-corrected chi connectivity index (χ2v) is 4.90. The predicted molar refractivity (Wildman–Crippen MR) is 64.1 cm³/mol. The van der Waals surface area contributed by atoms with Crippen molar-refractivity contribution in [2.75, 3.05) is 0 Å². The van der Waals surface area contributed by atoms with Crippen molar-refractivity contribution in [3.05, 3.63) is 57.3 Å². The van der Waals surface area contributed by atoms with Crippen molar-refractivity contribution in [2.24, 2.45) is 0 Å². The highest BCUT2D eigenvalue weighted by Gasteiger charge is 2.20. The predicted octanol–water partition coefficient (Wildman–Crippen LogP) is 3.67. The van der Waals surface area contributed by atoms with E-state index in [1.54, 1.807) is 6.07 Å². The number of hydrogen-bond donors (Lipinski definition) is 1. The summed E-state index contributed by atoms with van der Waals surface area (Å²) in [4.78, 5) is 1.64. The number of hydrogen-bond acceptors (Lipinski definition) is 2. The van der Waals surface area contributed by atoms with E-state index in [0.29, 0.717) is 4.88 Å². The monoisotopic (exact) mass is 254 g/mol. The van der Waals surface area contributed by atoms with Gasteiger partial charge in [0.2, 0.25) is 0 Å². The molecule has 0 aliphatic carbocycles. The molecule has 1 N–H and O–H groups in total. The highest BCUT2D eigenvalue weighted by Crippen LogP contribution is 2.31. The van der Waals surface area contributed by atoms with Gasteiger partial charge in [0.1, 0.15) is 17.7 Å². The topological polar surface area (TPSA) is 20.2 Å². The fraction of sp³-hybridized carbons (Fsp3) is 0.231. The van der Waals surface area contributed by atoms with Gasteiger partial charge in [-0.2, -0.15) is 0 Å². The van der Waals surface area contributed by atoms with Gasteiger partial charge < -0.3 is 5.11 Å². The average molecular weight is 254 g/mol. The van der Waals surface area contributed by atoms with Crippen LogP contribution in [0.5, 0.6) is 0 Å². The smallest absolute Gasteiger partial charge is 0.132 e. The van der Waals surface area contributed by atoms with E-state index in [0.717, 1.165) is 23.4 Å². The van der Waals surface area contributed by atoms with Crippen LogP contribution in [0.1, 0.15) is 28.3 Å². The van der Waals surface area contributed by atoms with E-state index >= 15 is 0 Å². The summed E-state index contributed by atoms with van der Waals surface area (Å²) in [7, 11) is 0. The first-order chi connectivity index (χ1) is 8.13. The fourth-order valence-corrected chi connectivity index (χ4v) is 2.59. The Balaban J connectivity index is 2.39. The molecule has 1 nitrogen and oxygen atoms in total. The van der Waals surface area contributed by atoms with Gasteiger partial charge in [-0.3, -0.25) is 0 Å². The highest BCUT2D eigenvalue weighted by molar-refractivity contribution is 7.12. The lowest BCUT2D eigenvalue weighted by Gasteiger charge is -2.10. The summed E-state index contributed by atoms with van der Waals surface area (Å²) in [6.07, 6.45) is -0.390. The fourth-order valence-electron chi connectivity index (χ4n) is 1.65. The van der Waals surface area contributed by atoms with E-state index in [9.17, 15) is 13.9 Å². The minimum Gasteiger partial charge on any atom is -0.383 e. The average Bonchev–Trinajstić information content (AvgIpc) is 2.77. The van der Waals surface area contributed by atoms with Crippen molar-refractivity contribution in [2.45, 2.75) is 19.4 Å². The molecule has 17 heavy (non-hydrogen) atoms. The number of aryl methyl sites for hydroxylation is 1. The van der Waals surface area contributed by atoms with Gasteiger partial charge >= 0.3 is 0 Å². The van der Waals surface area contributed by atoms with Crippen molar-refractivity contribution in [3.63, 3.8) is 0 Å². The molecular formula is C13H12F2OS. The molecule has 90 valence electrons. The van der Waals surface area contributed by atoms with Gasteiger partial charge in [0.15, 0.2) is 0 Å². The molecule has 1 heterocycles. The van der Waals surface area contributed by atoms with Crippen molar-refractivity contribution in [1.82, 2.24) is 0 Å². The number of aliphatic hydroxyl groups excluding tert-OH is 1. The molecular weight excluding hydrogens is 242 g/mol. The van der Waals surface area contributed by atoms with Crippen LogP contribution in [0.2, 0.25) is 0 Å². The van der Waals surface area contributed by atoms with Crippen LogP contribution >= 0.6 is 11.3 Å². The standard InChI is InChI=1S/C13H12F2OS/c1-2-8-6-7-11(17-8)13(16)12-9(14)4-3-5-10(12)15/h3-7,13,16H,2H2,1H3. The Hall–Kier alpha value is -1.26. The quantitative estimate of drug-likeness (QED) is 0.886. The Bertz CT molecular complexity index is 502. The zero-order valence-corrected chi connectivity index (χ0v) is 10.1. The van der Waals surface area contributed by atoms with Crippen LogP contribution in [0.25, 0.3) is 0 Å². The first-order valence-corrected chi connectivity index (χ1v) is 6.15. The summed E-state index contributed by atoms with van der Waals surface area (Å²) < 4.78 is 27.0. The molecule has 2 aromatic rings. The molecule has 0 radical (unpaired) electrons. The van der Waals surface area contributed by atoms with Gasteiger partial charge in [-0.25, -0.2) is 8.78 Å². The lowest BCUT2D eigenvalue weighted by molar-refractivity contribution is 0.213. The van der Waals surface area contributed by atoms with Crippen LogP contribution in [0.4, 0.5) is 8.78 Å². The van der Waals surface area contributed by atoms with Crippen LogP contribution in [-0.4, -0.2) is 5.11 Å². The molecule has 0 saturated heterocycles. The van der Waals surface area contributed by atoms with E-state index in [2.05, 4.69) is 0 Å². The molecule has 0 aliphatic rings. The third-order valence-electron chi connectivity index (χ3n) is 2.57. The van der Waals surface area contributed by atoms with E-state index in [-0.39, 0.29) is 5.56 Å². The Morgan fingerprint density at radius 3 is 2.35 bits per heavy atom. The molecule has 0 saturated carbocycles. The highest BCUT2D eigenvalue weighted by atomic mass is 32.1. The SMILES string of the molecule is CCc1ccc(C(O)c2c(F)cccc2F)s1. The van der Waals surface area contributed by atoms with Crippen LogP contribution in [0, 0.1) is 11.6 Å². The molecule has 0 aliphatic heterocycles. The second kappa shape index (κ2) is 4.94. The molecule has 1 unspecified atom stereocenters. The molecule has 2 rings (SSSR count). The first kappa shape index (κ1) is 12.2. The van der Waals surface area contributed by atoms with Gasteiger partial charge in [-0.15, -0.1) is 11.3 Å². The normalized spacial score (nSPS) is 12.7. The van der Waals surface area contributed by atoms with Crippen molar-refractivity contribution in [1.29, 1.82) is 0 Å². The van der Waals surface area contributed by atoms with Crippen molar-refractivity contribution < 1.29 is 13.9 Å². The van der Waals surface area contributed by atoms with Crippen molar-refractivity contribution in [3.8, 4) is 0 Å². The van der Waals surface area contributed by atoms with Crippen molar-refractivity contribution >= 4 is 11.3 Å². The number of rotatable bonds is 3. The minimum atomic E-state index is -1.23. The lowest BCUT2D eigenvalue weighted by atomic mass is 10.1. The maximum absolute atomic E-state index is 13.5. The molecule has 1 aromatic heterocycles. The second-order valence-electron chi connectivity index (χ2n) is 3.70. The van der Waals surface area contributed by atoms with E-state index < -0.39 is 17.7 Å². The first-order valence-electron chi connectivity index (χ1n) is 5.34. The summed E-state index contributed by atoms with van der Waals surface area (Å²) in [6, 6.07) is 7.15. The van der Waals surface area contributed by atoms with Crippen LogP contribution in [-0.2, 0) is 6.42 Å². The molecule has 4 heteroatoms. The molecule has 0 spiro atoms. The Labute approximate surface area is 102 Å². The maximum Gasteiger partial charge on any atom is 0.132 e. The van der Waals surface area contributed by atoms with Crippen LogP contribution in [0.15, 0.2) is 30.3 Å². The van der Waals surface area contributed by atoms with Gasteiger partial charge in [0.25, 0.3) is 0 Å². The van der Waals surface area contributed by atoms with Gasteiger partial charge in [0, 0.05) is 9.75 Å². The summed E-state index contributed by atoms with van der Waals surface area (Å²) in [5.74, 6) is -1.44. The molecule has 1 aromatic carbocycles. The van der Waals surface area contributed by atoms with Gasteiger partial charge in [-0.05, 0) is 30.7 Å². The largest absolute Gasteiger partial charge is 0.383 e. The third kappa shape index (κ3) is 2.37. The number of halogens is 2. The zero-order chi connectivity index (χ0) is 12.4. The Morgan fingerprint density at radius 1 is 1.18 bits per heavy atom. The summed E-state index contributed by atoms with van der Waals surface area (Å²) in [6.45, 7) is 1.99. The summed E-state index contributed by atoms with van der Waals surface area (Å²) >= 11 is 1.37. The van der Waals surface area contributed by atoms with E-state index in [1.807, 2.05) is 13.0 Å². The lowest BCUT2D eigenvalue weighted by Crippen LogP contribution is -2.03. The number of benzene rings is 1. The van der Waals surface area contributed by atoms with E-state index in [4.69, 9.17) is 0 Å². The number of aliphatic hydroxyl groups is 1. The number of thiophene rings is 1. The molecule has 0 fully saturated rings. The van der Waals surface area contributed by atoms with Gasteiger partial charge in [-0.1, -0.05) is 13.0 Å². The summed E-state index contributed by atoms with van der Waals surface area (Å²) in [5, 5.41) is 9.99. The van der Waals surface area contributed by atoms with Crippen LogP contribution in [0.3, 0.4) is 0 Å². The Kier molecular flexibility index (Phi) is 3.54. The Morgan fingerprint density at radius 2 is 1.82 bits per heavy atom. The third-order valence-corrected chi connectivity index (χ3v) is 3.86. The minimum absolute atomic E-state index is 0.281. The molecule has 0 amide bonds. The maximum atomic E-state index is 13.5. The summed E-state index contributed by atoms with van der Waals surface area (Å²) in [5.41, 5.74) is -0.281.